The Morgan fingerprint density at radius 2 is 1.47 bits per heavy atom. The van der Waals surface area contributed by atoms with E-state index in [0.717, 1.165) is 38.7 Å². The SMILES string of the molecule is O=c1cc(/C=C/c2cccc(F)c2)c2cc(C(c3ccccc3)c3ccc(Cl)cc3)ccc2[nH]1. The lowest BCUT2D eigenvalue weighted by atomic mass is 9.84. The van der Waals surface area contributed by atoms with Crippen molar-refractivity contribution < 1.29 is 4.39 Å². The first-order valence-electron chi connectivity index (χ1n) is 11.0. The molecule has 2 nitrogen and oxygen atoms in total. The number of hydrogen-bond donors (Lipinski definition) is 1. The Morgan fingerprint density at radius 1 is 0.735 bits per heavy atom. The number of rotatable bonds is 5. The number of hydrogen-bond acceptors (Lipinski definition) is 1. The van der Waals surface area contributed by atoms with Gasteiger partial charge in [0.05, 0.1) is 0 Å². The van der Waals surface area contributed by atoms with Gasteiger partial charge in [-0.1, -0.05) is 84.4 Å². The van der Waals surface area contributed by atoms with E-state index in [-0.39, 0.29) is 17.3 Å². The van der Waals surface area contributed by atoms with Crippen LogP contribution >= 0.6 is 11.6 Å². The topological polar surface area (TPSA) is 32.9 Å². The number of aromatic amines is 1. The average Bonchev–Trinajstić information content (AvgIpc) is 2.85. The van der Waals surface area contributed by atoms with E-state index in [4.69, 9.17) is 11.6 Å². The minimum absolute atomic E-state index is 0.00477. The molecule has 0 aliphatic carbocycles. The molecule has 4 heteroatoms. The highest BCUT2D eigenvalue weighted by atomic mass is 35.5. The largest absolute Gasteiger partial charge is 0.322 e. The van der Waals surface area contributed by atoms with Crippen molar-refractivity contribution in [3.8, 4) is 0 Å². The Kier molecular flexibility index (Phi) is 6.11. The first kappa shape index (κ1) is 21.9. The molecule has 0 aliphatic rings. The van der Waals surface area contributed by atoms with Crippen LogP contribution in [0.15, 0.2) is 108 Å². The van der Waals surface area contributed by atoms with Crippen molar-refractivity contribution in [1.29, 1.82) is 0 Å². The van der Waals surface area contributed by atoms with Gasteiger partial charge in [-0.3, -0.25) is 4.79 Å². The van der Waals surface area contributed by atoms with E-state index in [1.54, 1.807) is 12.1 Å². The summed E-state index contributed by atoms with van der Waals surface area (Å²) in [5.74, 6) is -0.302. The third kappa shape index (κ3) is 4.70. The summed E-state index contributed by atoms with van der Waals surface area (Å²) in [5.41, 5.74) is 5.44. The summed E-state index contributed by atoms with van der Waals surface area (Å²) in [5, 5.41) is 1.61. The molecule has 34 heavy (non-hydrogen) atoms. The molecule has 0 bridgehead atoms. The van der Waals surface area contributed by atoms with Crippen LogP contribution in [-0.2, 0) is 0 Å². The number of nitrogens with one attached hydrogen (secondary N) is 1. The minimum atomic E-state index is -0.297. The number of benzene rings is 4. The Bertz CT molecular complexity index is 1540. The van der Waals surface area contributed by atoms with Crippen molar-refractivity contribution >= 4 is 34.7 Å². The third-order valence-corrected chi connectivity index (χ3v) is 6.12. The number of pyridine rings is 1. The molecule has 1 aromatic heterocycles. The predicted octanol–water partition coefficient (Wildman–Crippen LogP) is 7.67. The van der Waals surface area contributed by atoms with Crippen molar-refractivity contribution in [2.45, 2.75) is 5.92 Å². The monoisotopic (exact) mass is 465 g/mol. The van der Waals surface area contributed by atoms with Gasteiger partial charge < -0.3 is 4.98 Å². The molecule has 0 saturated carbocycles. The molecule has 4 aromatic carbocycles. The molecule has 166 valence electrons. The number of halogens is 2. The number of H-pyrrole nitrogens is 1. The van der Waals surface area contributed by atoms with Gasteiger partial charge in [-0.2, -0.15) is 0 Å². The Hall–Kier alpha value is -3.95. The fraction of sp³-hybridized carbons (Fsp3) is 0.0333. The smallest absolute Gasteiger partial charge is 0.249 e. The molecule has 0 spiro atoms. The van der Waals surface area contributed by atoms with E-state index < -0.39 is 0 Å². The molecule has 1 heterocycles. The molecular formula is C30H21ClFNO. The van der Waals surface area contributed by atoms with Crippen molar-refractivity contribution in [3.63, 3.8) is 0 Å². The van der Waals surface area contributed by atoms with Gasteiger partial charge in [0.1, 0.15) is 5.82 Å². The van der Waals surface area contributed by atoms with Crippen LogP contribution in [0, 0.1) is 5.82 Å². The van der Waals surface area contributed by atoms with Crippen LogP contribution < -0.4 is 5.56 Å². The van der Waals surface area contributed by atoms with Crippen molar-refractivity contribution in [3.05, 3.63) is 152 Å². The molecule has 1 atom stereocenters. The highest BCUT2D eigenvalue weighted by molar-refractivity contribution is 6.30. The molecule has 5 aromatic rings. The van der Waals surface area contributed by atoms with E-state index in [9.17, 15) is 9.18 Å². The van der Waals surface area contributed by atoms with Gasteiger partial charge in [-0.15, -0.1) is 0 Å². The number of aromatic nitrogens is 1. The highest BCUT2D eigenvalue weighted by Gasteiger charge is 2.17. The van der Waals surface area contributed by atoms with Gasteiger partial charge in [-0.05, 0) is 64.2 Å². The second-order valence-corrected chi connectivity index (χ2v) is 8.61. The summed E-state index contributed by atoms with van der Waals surface area (Å²) < 4.78 is 13.6. The summed E-state index contributed by atoms with van der Waals surface area (Å²) in [4.78, 5) is 15.2. The maximum Gasteiger partial charge on any atom is 0.249 e. The first-order chi connectivity index (χ1) is 16.6. The van der Waals surface area contributed by atoms with Crippen LogP contribution in [0.4, 0.5) is 4.39 Å². The van der Waals surface area contributed by atoms with Crippen LogP contribution in [0.5, 0.6) is 0 Å². The lowest BCUT2D eigenvalue weighted by Crippen LogP contribution is -2.07. The highest BCUT2D eigenvalue weighted by Crippen LogP contribution is 2.34. The Morgan fingerprint density at radius 3 is 2.24 bits per heavy atom. The molecule has 0 radical (unpaired) electrons. The van der Waals surface area contributed by atoms with Crippen molar-refractivity contribution in [1.82, 2.24) is 4.98 Å². The van der Waals surface area contributed by atoms with Gasteiger partial charge in [0.15, 0.2) is 0 Å². The van der Waals surface area contributed by atoms with E-state index in [1.165, 1.54) is 12.1 Å². The Labute approximate surface area is 202 Å². The van der Waals surface area contributed by atoms with Crippen LogP contribution in [0.3, 0.4) is 0 Å². The zero-order valence-corrected chi connectivity index (χ0v) is 19.0. The summed E-state index contributed by atoms with van der Waals surface area (Å²) in [6.07, 6.45) is 3.67. The van der Waals surface area contributed by atoms with Crippen LogP contribution in [0.25, 0.3) is 23.1 Å². The summed E-state index contributed by atoms with van der Waals surface area (Å²) in [6.45, 7) is 0. The third-order valence-electron chi connectivity index (χ3n) is 5.87. The standard InChI is InChI=1S/C30H21ClFNO/c31-25-14-11-22(12-15-25)30(21-6-2-1-3-7-21)24-13-16-28-27(18-24)23(19-29(34)33-28)10-9-20-5-4-8-26(32)17-20/h1-19,30H,(H,33,34)/b10-9+. The zero-order chi connectivity index (χ0) is 23.5. The number of fused-ring (bicyclic) bond motifs is 1. The van der Waals surface area contributed by atoms with Gasteiger partial charge >= 0.3 is 0 Å². The summed E-state index contributed by atoms with van der Waals surface area (Å²) in [6, 6.07) is 32.2. The fourth-order valence-corrected chi connectivity index (χ4v) is 4.42. The van der Waals surface area contributed by atoms with Gasteiger partial charge in [0.2, 0.25) is 5.56 Å². The van der Waals surface area contributed by atoms with Crippen molar-refractivity contribution in [2.75, 3.05) is 0 Å². The molecule has 0 saturated heterocycles. The summed E-state index contributed by atoms with van der Waals surface area (Å²) in [7, 11) is 0. The molecular weight excluding hydrogens is 445 g/mol. The fourth-order valence-electron chi connectivity index (χ4n) is 4.29. The van der Waals surface area contributed by atoms with E-state index in [2.05, 4.69) is 23.2 Å². The van der Waals surface area contributed by atoms with Crippen LogP contribution in [0.2, 0.25) is 5.02 Å². The molecule has 0 aliphatic heterocycles. The molecule has 0 fully saturated rings. The Balaban J connectivity index is 1.65. The van der Waals surface area contributed by atoms with Crippen LogP contribution in [-0.4, -0.2) is 4.98 Å². The first-order valence-corrected chi connectivity index (χ1v) is 11.4. The molecule has 5 rings (SSSR count). The van der Waals surface area contributed by atoms with E-state index in [0.29, 0.717) is 5.02 Å². The average molecular weight is 466 g/mol. The normalized spacial score (nSPS) is 12.3. The van der Waals surface area contributed by atoms with E-state index >= 15 is 0 Å². The lowest BCUT2D eigenvalue weighted by molar-refractivity contribution is 0.627. The zero-order valence-electron chi connectivity index (χ0n) is 18.2. The molecule has 1 unspecified atom stereocenters. The second-order valence-electron chi connectivity index (χ2n) is 8.18. The maximum atomic E-state index is 13.6. The quantitative estimate of drug-likeness (QED) is 0.265. The van der Waals surface area contributed by atoms with Gasteiger partial charge in [0, 0.05) is 27.9 Å². The maximum absolute atomic E-state index is 13.6. The predicted molar refractivity (Wildman–Crippen MR) is 139 cm³/mol. The molecule has 0 amide bonds. The van der Waals surface area contributed by atoms with Gasteiger partial charge in [-0.25, -0.2) is 4.39 Å². The van der Waals surface area contributed by atoms with Gasteiger partial charge in [0.25, 0.3) is 0 Å². The lowest BCUT2D eigenvalue weighted by Gasteiger charge is -2.20. The molecule has 1 N–H and O–H groups in total. The minimum Gasteiger partial charge on any atom is -0.322 e. The summed E-state index contributed by atoms with van der Waals surface area (Å²) >= 11 is 6.15. The van der Waals surface area contributed by atoms with Crippen molar-refractivity contribution in [2.24, 2.45) is 0 Å². The second kappa shape index (κ2) is 9.50. The van der Waals surface area contributed by atoms with Crippen LogP contribution in [0.1, 0.15) is 33.7 Å². The van der Waals surface area contributed by atoms with E-state index in [1.807, 2.05) is 72.8 Å².